The molecule has 1 aliphatic heterocycles. The summed E-state index contributed by atoms with van der Waals surface area (Å²) in [5.41, 5.74) is 0.848. The molecule has 1 aliphatic rings. The Morgan fingerprint density at radius 1 is 1.22 bits per heavy atom. The van der Waals surface area contributed by atoms with Gasteiger partial charge in [0, 0.05) is 65.6 Å². The molecule has 182 valence electrons. The Bertz CT molecular complexity index is 684. The first-order chi connectivity index (χ1) is 15.1. The molecule has 1 heterocycles. The van der Waals surface area contributed by atoms with E-state index in [1.807, 2.05) is 24.3 Å². The number of benzene rings is 1. The fraction of sp³-hybridized carbons (Fsp3) is 0.636. The smallest absolute Gasteiger partial charge is 0.243 e. The van der Waals surface area contributed by atoms with Gasteiger partial charge in [0.25, 0.3) is 0 Å². The molecule has 0 radical (unpaired) electrons. The number of anilines is 1. The lowest BCUT2D eigenvalue weighted by molar-refractivity contribution is -0.127. The van der Waals surface area contributed by atoms with E-state index in [-0.39, 0.29) is 36.4 Å². The lowest BCUT2D eigenvalue weighted by atomic mass is 10.3. The Kier molecular flexibility index (Phi) is 15.0. The summed E-state index contributed by atoms with van der Waals surface area (Å²) in [6, 6.07) is 7.71. The minimum absolute atomic E-state index is 0. The number of carbonyl (C=O) groups excluding carboxylic acids is 1. The summed E-state index contributed by atoms with van der Waals surface area (Å²) in [5.74, 6) is 1.30. The van der Waals surface area contributed by atoms with Crippen molar-refractivity contribution < 1.29 is 19.0 Å². The number of halogens is 1. The standard InChI is InChI=1S/C22H37N5O4.HI/c1-26(2)21(28)18-24-22(23-9-5-10-27-11-15-30-16-12-27)25-19-7-4-8-20(17-19)31-14-6-13-29-3;/h4,7-8,17H,5-6,9-16,18H2,1-3H3,(H2,23,24,25);1H. The zero-order chi connectivity index (χ0) is 22.3. The molecule has 1 aromatic rings. The van der Waals surface area contributed by atoms with E-state index >= 15 is 0 Å². The third-order valence-corrected chi connectivity index (χ3v) is 4.78. The number of nitrogens with zero attached hydrogens (tertiary/aromatic N) is 3. The monoisotopic (exact) mass is 563 g/mol. The summed E-state index contributed by atoms with van der Waals surface area (Å²) in [6.07, 6.45) is 1.81. The zero-order valence-corrected chi connectivity index (χ0v) is 21.8. The molecule has 0 bridgehead atoms. The van der Waals surface area contributed by atoms with Gasteiger partial charge in [0.2, 0.25) is 5.91 Å². The predicted octanol–water partition coefficient (Wildman–Crippen LogP) is 1.89. The van der Waals surface area contributed by atoms with Crippen LogP contribution in [0.2, 0.25) is 0 Å². The van der Waals surface area contributed by atoms with E-state index in [0.29, 0.717) is 19.2 Å². The van der Waals surface area contributed by atoms with Crippen LogP contribution < -0.4 is 15.4 Å². The van der Waals surface area contributed by atoms with Crippen LogP contribution in [0.15, 0.2) is 29.3 Å². The molecule has 1 amide bonds. The first-order valence-corrected chi connectivity index (χ1v) is 10.9. The third kappa shape index (κ3) is 11.8. The second kappa shape index (κ2) is 16.9. The highest BCUT2D eigenvalue weighted by Crippen LogP contribution is 2.17. The van der Waals surface area contributed by atoms with Crippen LogP contribution in [-0.4, -0.2) is 102 Å². The van der Waals surface area contributed by atoms with Crippen LogP contribution in [0.3, 0.4) is 0 Å². The minimum Gasteiger partial charge on any atom is -0.493 e. The molecule has 2 N–H and O–H groups in total. The lowest BCUT2D eigenvalue weighted by Gasteiger charge is -2.26. The number of hydrogen-bond acceptors (Lipinski definition) is 6. The predicted molar refractivity (Wildman–Crippen MR) is 138 cm³/mol. The Balaban J connectivity index is 0.00000512. The van der Waals surface area contributed by atoms with Crippen molar-refractivity contribution in [1.29, 1.82) is 0 Å². The summed E-state index contributed by atoms with van der Waals surface area (Å²) in [5, 5.41) is 6.62. The highest BCUT2D eigenvalue weighted by Gasteiger charge is 2.10. The molecule has 0 aromatic heterocycles. The molecule has 2 rings (SSSR count). The van der Waals surface area contributed by atoms with Crippen LogP contribution >= 0.6 is 24.0 Å². The van der Waals surface area contributed by atoms with Gasteiger partial charge in [0.1, 0.15) is 12.3 Å². The Hall–Kier alpha value is -1.63. The summed E-state index contributed by atoms with van der Waals surface area (Å²) in [4.78, 5) is 20.4. The van der Waals surface area contributed by atoms with Gasteiger partial charge in [0.15, 0.2) is 5.96 Å². The number of hydrogen-bond donors (Lipinski definition) is 2. The highest BCUT2D eigenvalue weighted by atomic mass is 127. The average molecular weight is 563 g/mol. The van der Waals surface area contributed by atoms with Crippen LogP contribution in [0.1, 0.15) is 12.8 Å². The molecule has 10 heteroatoms. The summed E-state index contributed by atoms with van der Waals surface area (Å²) in [6.45, 7) is 6.67. The van der Waals surface area contributed by atoms with Crippen molar-refractivity contribution in [1.82, 2.24) is 15.1 Å². The molecule has 9 nitrogen and oxygen atoms in total. The number of rotatable bonds is 12. The summed E-state index contributed by atoms with van der Waals surface area (Å²) in [7, 11) is 5.14. The molecule has 1 saturated heterocycles. The normalized spacial score (nSPS) is 14.4. The van der Waals surface area contributed by atoms with Crippen molar-refractivity contribution in [2.45, 2.75) is 12.8 Å². The maximum Gasteiger partial charge on any atom is 0.243 e. The van der Waals surface area contributed by atoms with Crippen LogP contribution in [0, 0.1) is 0 Å². The molecule has 1 aromatic carbocycles. The number of nitrogens with one attached hydrogen (secondary N) is 2. The zero-order valence-electron chi connectivity index (χ0n) is 19.5. The van der Waals surface area contributed by atoms with E-state index in [0.717, 1.165) is 63.7 Å². The van der Waals surface area contributed by atoms with Gasteiger partial charge >= 0.3 is 0 Å². The van der Waals surface area contributed by atoms with Gasteiger partial charge in [-0.15, -0.1) is 24.0 Å². The van der Waals surface area contributed by atoms with E-state index in [1.54, 1.807) is 21.2 Å². The van der Waals surface area contributed by atoms with Crippen molar-refractivity contribution in [3.8, 4) is 5.75 Å². The quantitative estimate of drug-likeness (QED) is 0.174. The molecular formula is C22H38IN5O4. The van der Waals surface area contributed by atoms with Crippen LogP contribution in [0.4, 0.5) is 5.69 Å². The minimum atomic E-state index is -0.0513. The van der Waals surface area contributed by atoms with Crippen LogP contribution in [-0.2, 0) is 14.3 Å². The first kappa shape index (κ1) is 28.4. The number of morpholine rings is 1. The number of aliphatic imine (C=N–C) groups is 1. The van der Waals surface area contributed by atoms with Gasteiger partial charge in [0.05, 0.1) is 19.8 Å². The van der Waals surface area contributed by atoms with Crippen LogP contribution in [0.25, 0.3) is 0 Å². The molecule has 0 aliphatic carbocycles. The molecule has 0 atom stereocenters. The van der Waals surface area contributed by atoms with Gasteiger partial charge in [-0.3, -0.25) is 9.69 Å². The average Bonchev–Trinajstić information content (AvgIpc) is 2.78. The maximum atomic E-state index is 12.0. The highest BCUT2D eigenvalue weighted by molar-refractivity contribution is 14.0. The van der Waals surface area contributed by atoms with Gasteiger partial charge in [-0.1, -0.05) is 6.07 Å². The Morgan fingerprint density at radius 3 is 2.72 bits per heavy atom. The second-order valence-electron chi connectivity index (χ2n) is 7.53. The van der Waals surface area contributed by atoms with Crippen molar-refractivity contribution in [2.75, 3.05) is 85.7 Å². The Morgan fingerprint density at radius 2 is 2.00 bits per heavy atom. The van der Waals surface area contributed by atoms with E-state index in [9.17, 15) is 4.79 Å². The van der Waals surface area contributed by atoms with Crippen molar-refractivity contribution in [2.24, 2.45) is 4.99 Å². The van der Waals surface area contributed by atoms with E-state index in [1.165, 1.54) is 4.90 Å². The third-order valence-electron chi connectivity index (χ3n) is 4.78. The fourth-order valence-electron chi connectivity index (χ4n) is 2.96. The largest absolute Gasteiger partial charge is 0.493 e. The van der Waals surface area contributed by atoms with Gasteiger partial charge in [-0.2, -0.15) is 0 Å². The number of ether oxygens (including phenoxy) is 3. The number of carbonyl (C=O) groups is 1. The molecule has 32 heavy (non-hydrogen) atoms. The lowest BCUT2D eigenvalue weighted by Crippen LogP contribution is -2.39. The van der Waals surface area contributed by atoms with Gasteiger partial charge in [-0.05, 0) is 25.1 Å². The van der Waals surface area contributed by atoms with Gasteiger partial charge in [-0.25, -0.2) is 4.99 Å². The van der Waals surface area contributed by atoms with E-state index < -0.39 is 0 Å². The van der Waals surface area contributed by atoms with Gasteiger partial charge < -0.3 is 29.7 Å². The van der Waals surface area contributed by atoms with Crippen molar-refractivity contribution in [3.05, 3.63) is 24.3 Å². The number of likely N-dealkylation sites (N-methyl/N-ethyl adjacent to an activating group) is 1. The molecule has 1 fully saturated rings. The molecule has 0 saturated carbocycles. The second-order valence-corrected chi connectivity index (χ2v) is 7.53. The summed E-state index contributed by atoms with van der Waals surface area (Å²) >= 11 is 0. The Labute approximate surface area is 208 Å². The fourth-order valence-corrected chi connectivity index (χ4v) is 2.96. The van der Waals surface area contributed by atoms with Crippen molar-refractivity contribution in [3.63, 3.8) is 0 Å². The number of amides is 1. The van der Waals surface area contributed by atoms with E-state index in [4.69, 9.17) is 14.2 Å². The first-order valence-electron chi connectivity index (χ1n) is 10.9. The topological polar surface area (TPSA) is 87.7 Å². The SMILES string of the molecule is COCCCOc1cccc(NC(=NCC(=O)N(C)C)NCCCN2CCOCC2)c1.I. The van der Waals surface area contributed by atoms with Crippen LogP contribution in [0.5, 0.6) is 5.75 Å². The van der Waals surface area contributed by atoms with Crippen molar-refractivity contribution >= 4 is 41.5 Å². The molecular weight excluding hydrogens is 525 g/mol. The maximum absolute atomic E-state index is 12.0. The molecule has 0 spiro atoms. The summed E-state index contributed by atoms with van der Waals surface area (Å²) < 4.78 is 16.2. The number of guanidine groups is 1. The number of methoxy groups -OCH3 is 1. The molecule has 0 unspecified atom stereocenters. The van der Waals surface area contributed by atoms with E-state index in [2.05, 4.69) is 20.5 Å².